The molecule has 44 heavy (non-hydrogen) atoms. The van der Waals surface area contributed by atoms with Gasteiger partial charge in [0.1, 0.15) is 41.5 Å². The third-order valence-electron chi connectivity index (χ3n) is 7.56. The maximum absolute atomic E-state index is 14.9. The van der Waals surface area contributed by atoms with Gasteiger partial charge in [-0.2, -0.15) is 5.10 Å². The first-order valence-corrected chi connectivity index (χ1v) is 14.0. The molecular weight excluding hydrogens is 567 g/mol. The summed E-state index contributed by atoms with van der Waals surface area (Å²) in [6.45, 7) is 2.78. The smallest absolute Gasteiger partial charge is 0.284 e. The standard InChI is InChI=1S/C31H31FN8O4/c1-18-10-24(28(43-4)14-26(18)44-20-7-8-29-34-17-36-40(29)15-20)37-30-21-12-25(27(42-3)13-23(21)33-16-35-30)38-31(41)22(32)11-19-6-5-9-39(19)2/h7-8,10-17,19H,5-6,9H2,1-4H3,(H,38,41)(H,33,35,37)/b22-11-/t19-/m1/s1. The summed E-state index contributed by atoms with van der Waals surface area (Å²) in [4.78, 5) is 27.8. The SMILES string of the molecule is COc1cc2ncnc(Nc3cc(C)c(Oc4ccc5ncnn5c4)cc3OC)c2cc1NC(=O)/C(F)=C/[C@H]1CCCN1C. The van der Waals surface area contributed by atoms with Crippen molar-refractivity contribution in [3.63, 3.8) is 0 Å². The average molecular weight is 599 g/mol. The molecule has 13 heteroatoms. The van der Waals surface area contributed by atoms with Crippen LogP contribution in [0.15, 0.2) is 67.2 Å². The molecule has 0 unspecified atom stereocenters. The zero-order valence-electron chi connectivity index (χ0n) is 24.7. The van der Waals surface area contributed by atoms with Gasteiger partial charge in [0.25, 0.3) is 5.91 Å². The van der Waals surface area contributed by atoms with Crippen molar-refractivity contribution >= 4 is 39.6 Å². The quantitative estimate of drug-likeness (QED) is 0.212. The van der Waals surface area contributed by atoms with Crippen LogP contribution in [0.25, 0.3) is 16.6 Å². The molecule has 12 nitrogen and oxygen atoms in total. The lowest BCUT2D eigenvalue weighted by molar-refractivity contribution is -0.114. The number of hydrogen-bond donors (Lipinski definition) is 2. The van der Waals surface area contributed by atoms with Crippen molar-refractivity contribution in [2.24, 2.45) is 0 Å². The molecule has 2 N–H and O–H groups in total. The second-order valence-corrected chi connectivity index (χ2v) is 10.4. The topological polar surface area (TPSA) is 128 Å². The molecule has 1 fully saturated rings. The molecule has 0 saturated carbocycles. The number of nitrogens with one attached hydrogen (secondary N) is 2. The fraction of sp³-hybridized carbons (Fsp3) is 0.258. The van der Waals surface area contributed by atoms with E-state index in [-0.39, 0.29) is 11.7 Å². The molecule has 1 aliphatic rings. The number of carbonyl (C=O) groups is 1. The number of carbonyl (C=O) groups excluding carboxylic acids is 1. The van der Waals surface area contributed by atoms with Crippen molar-refractivity contribution in [2.45, 2.75) is 25.8 Å². The first-order chi connectivity index (χ1) is 21.3. The number of benzene rings is 2. The van der Waals surface area contributed by atoms with Gasteiger partial charge in [-0.3, -0.25) is 9.69 Å². The van der Waals surface area contributed by atoms with Gasteiger partial charge in [-0.05, 0) is 69.3 Å². The number of nitrogens with zero attached hydrogens (tertiary/aromatic N) is 6. The van der Waals surface area contributed by atoms with Gasteiger partial charge in [0.2, 0.25) is 0 Å². The highest BCUT2D eigenvalue weighted by atomic mass is 19.1. The Balaban J connectivity index is 1.28. The van der Waals surface area contributed by atoms with Crippen LogP contribution in [0.4, 0.5) is 21.6 Å². The van der Waals surface area contributed by atoms with Crippen LogP contribution in [0.1, 0.15) is 18.4 Å². The first-order valence-electron chi connectivity index (χ1n) is 14.0. The maximum atomic E-state index is 14.9. The Kier molecular flexibility index (Phi) is 7.94. The fourth-order valence-corrected chi connectivity index (χ4v) is 5.18. The Morgan fingerprint density at radius 3 is 2.61 bits per heavy atom. The van der Waals surface area contributed by atoms with E-state index < -0.39 is 11.7 Å². The summed E-state index contributed by atoms with van der Waals surface area (Å²) in [6.07, 6.45) is 7.76. The molecule has 2 aromatic carbocycles. The van der Waals surface area contributed by atoms with E-state index in [9.17, 15) is 9.18 Å². The van der Waals surface area contributed by atoms with Crippen molar-refractivity contribution in [1.82, 2.24) is 29.5 Å². The summed E-state index contributed by atoms with van der Waals surface area (Å²) in [5.74, 6) is 0.751. The zero-order valence-corrected chi connectivity index (χ0v) is 24.7. The fourth-order valence-electron chi connectivity index (χ4n) is 5.18. The van der Waals surface area contributed by atoms with E-state index in [0.717, 1.165) is 24.9 Å². The Bertz CT molecular complexity index is 1890. The Morgan fingerprint density at radius 2 is 1.84 bits per heavy atom. The molecule has 1 amide bonds. The normalized spacial score (nSPS) is 15.5. The van der Waals surface area contributed by atoms with E-state index in [1.807, 2.05) is 37.1 Å². The number of ether oxygens (including phenoxy) is 3. The molecule has 0 aliphatic carbocycles. The molecule has 4 heterocycles. The van der Waals surface area contributed by atoms with Crippen LogP contribution in [0.2, 0.25) is 0 Å². The van der Waals surface area contributed by atoms with Crippen LogP contribution in [-0.4, -0.2) is 69.2 Å². The highest BCUT2D eigenvalue weighted by Crippen LogP contribution is 2.39. The monoisotopic (exact) mass is 598 g/mol. The Labute approximate surface area is 252 Å². The highest BCUT2D eigenvalue weighted by Gasteiger charge is 2.22. The second-order valence-electron chi connectivity index (χ2n) is 10.4. The van der Waals surface area contributed by atoms with E-state index in [1.54, 1.807) is 36.0 Å². The number of pyridine rings is 1. The van der Waals surface area contributed by atoms with E-state index in [2.05, 4.69) is 30.7 Å². The minimum Gasteiger partial charge on any atom is -0.494 e. The maximum Gasteiger partial charge on any atom is 0.284 e. The lowest BCUT2D eigenvalue weighted by Gasteiger charge is -2.17. The molecular formula is C31H31FN8O4. The van der Waals surface area contributed by atoms with E-state index in [1.165, 1.54) is 25.8 Å². The zero-order chi connectivity index (χ0) is 30.8. The summed E-state index contributed by atoms with van der Waals surface area (Å²) >= 11 is 0. The lowest BCUT2D eigenvalue weighted by Crippen LogP contribution is -2.24. The van der Waals surface area contributed by atoms with Crippen molar-refractivity contribution in [1.29, 1.82) is 0 Å². The van der Waals surface area contributed by atoms with Crippen LogP contribution >= 0.6 is 0 Å². The van der Waals surface area contributed by atoms with E-state index in [4.69, 9.17) is 14.2 Å². The number of aromatic nitrogens is 5. The molecule has 0 bridgehead atoms. The van der Waals surface area contributed by atoms with Gasteiger partial charge in [-0.15, -0.1) is 0 Å². The number of hydrogen-bond acceptors (Lipinski definition) is 10. The third kappa shape index (κ3) is 5.81. The van der Waals surface area contributed by atoms with Gasteiger partial charge < -0.3 is 24.8 Å². The van der Waals surface area contributed by atoms with Crippen molar-refractivity contribution in [3.8, 4) is 23.0 Å². The molecule has 3 aromatic heterocycles. The number of aryl methyl sites for hydroxylation is 1. The summed E-state index contributed by atoms with van der Waals surface area (Å²) in [5, 5.41) is 10.7. The molecule has 1 saturated heterocycles. The van der Waals surface area contributed by atoms with E-state index >= 15 is 0 Å². The molecule has 226 valence electrons. The molecule has 6 rings (SSSR count). The summed E-state index contributed by atoms with van der Waals surface area (Å²) in [5.41, 5.74) is 3.00. The van der Waals surface area contributed by atoms with E-state index in [0.29, 0.717) is 51.1 Å². The van der Waals surface area contributed by atoms with Gasteiger partial charge in [-0.1, -0.05) is 0 Å². The number of methoxy groups -OCH3 is 2. The number of anilines is 3. The van der Waals surface area contributed by atoms with Crippen LogP contribution in [0.5, 0.6) is 23.0 Å². The number of likely N-dealkylation sites (tertiary alicyclic amines) is 1. The first kappa shape index (κ1) is 28.8. The van der Waals surface area contributed by atoms with Crippen molar-refractivity contribution in [3.05, 3.63) is 72.7 Å². The van der Waals surface area contributed by atoms with Crippen LogP contribution in [-0.2, 0) is 4.79 Å². The molecule has 5 aromatic rings. The van der Waals surface area contributed by atoms with Crippen LogP contribution in [0, 0.1) is 6.92 Å². The van der Waals surface area contributed by atoms with Gasteiger partial charge in [0.05, 0.1) is 37.3 Å². The van der Waals surface area contributed by atoms with Crippen molar-refractivity contribution in [2.75, 3.05) is 38.4 Å². The van der Waals surface area contributed by atoms with Crippen LogP contribution in [0.3, 0.4) is 0 Å². The third-order valence-corrected chi connectivity index (χ3v) is 7.56. The summed E-state index contributed by atoms with van der Waals surface area (Å²) < 4.78 is 33.8. The second kappa shape index (κ2) is 12.1. The molecule has 0 spiro atoms. The molecule has 0 radical (unpaired) electrons. The summed E-state index contributed by atoms with van der Waals surface area (Å²) in [7, 11) is 4.94. The minimum absolute atomic E-state index is 0.115. The number of likely N-dealkylation sites (N-methyl/N-ethyl adjacent to an activating group) is 1. The van der Waals surface area contributed by atoms with Crippen LogP contribution < -0.4 is 24.8 Å². The molecule has 1 aliphatic heterocycles. The Hall–Kier alpha value is -5.30. The lowest BCUT2D eigenvalue weighted by atomic mass is 10.1. The predicted octanol–water partition coefficient (Wildman–Crippen LogP) is 5.42. The van der Waals surface area contributed by atoms with Gasteiger partial charge in [0.15, 0.2) is 11.5 Å². The Morgan fingerprint density at radius 1 is 1.02 bits per heavy atom. The number of halogens is 1. The highest BCUT2D eigenvalue weighted by molar-refractivity contribution is 6.05. The van der Waals surface area contributed by atoms with Crippen molar-refractivity contribution < 1.29 is 23.4 Å². The largest absolute Gasteiger partial charge is 0.494 e. The van der Waals surface area contributed by atoms with Gasteiger partial charge >= 0.3 is 0 Å². The number of rotatable bonds is 9. The number of amides is 1. The van der Waals surface area contributed by atoms with Gasteiger partial charge in [-0.25, -0.2) is 23.9 Å². The minimum atomic E-state index is -0.856. The summed E-state index contributed by atoms with van der Waals surface area (Å²) in [6, 6.07) is 10.5. The molecule has 1 atom stereocenters. The number of fused-ring (bicyclic) bond motifs is 2. The van der Waals surface area contributed by atoms with Gasteiger partial charge in [0, 0.05) is 23.6 Å². The predicted molar refractivity (Wildman–Crippen MR) is 164 cm³/mol. The average Bonchev–Trinajstić information content (AvgIpc) is 3.66.